The molecule has 0 N–H and O–H groups in total. The summed E-state index contributed by atoms with van der Waals surface area (Å²) in [5.41, 5.74) is 0.235. The van der Waals surface area contributed by atoms with Crippen molar-refractivity contribution in [1.82, 2.24) is 4.90 Å². The summed E-state index contributed by atoms with van der Waals surface area (Å²) in [6.45, 7) is 6.90. The van der Waals surface area contributed by atoms with Gasteiger partial charge in [0, 0.05) is 45.4 Å². The molecule has 116 valence electrons. The van der Waals surface area contributed by atoms with Crippen LogP contribution in [0.1, 0.15) is 32.1 Å². The third-order valence-electron chi connectivity index (χ3n) is 5.12. The number of ether oxygens (including phenoxy) is 3. The first-order valence-electron chi connectivity index (χ1n) is 8.23. The van der Waals surface area contributed by atoms with E-state index in [9.17, 15) is 0 Å². The molecule has 0 unspecified atom stereocenters. The summed E-state index contributed by atoms with van der Waals surface area (Å²) in [7, 11) is 1.78. The fourth-order valence-electron chi connectivity index (χ4n) is 3.72. The van der Waals surface area contributed by atoms with Crippen molar-refractivity contribution >= 4 is 0 Å². The molecule has 0 aromatic heterocycles. The fraction of sp³-hybridized carbons (Fsp3) is 1.00. The number of hydrogen-bond acceptors (Lipinski definition) is 4. The summed E-state index contributed by atoms with van der Waals surface area (Å²) in [6, 6.07) is 0. The Labute approximate surface area is 122 Å². The summed E-state index contributed by atoms with van der Waals surface area (Å²) in [5.74, 6) is 0.850. The minimum atomic E-state index is 0.235. The van der Waals surface area contributed by atoms with E-state index < -0.39 is 0 Å². The zero-order valence-electron chi connectivity index (χ0n) is 12.8. The van der Waals surface area contributed by atoms with Gasteiger partial charge >= 0.3 is 0 Å². The van der Waals surface area contributed by atoms with Crippen LogP contribution in [0.15, 0.2) is 0 Å². The van der Waals surface area contributed by atoms with Crippen molar-refractivity contribution in [3.8, 4) is 0 Å². The van der Waals surface area contributed by atoms with Gasteiger partial charge in [-0.05, 0) is 38.0 Å². The quantitative estimate of drug-likeness (QED) is 0.714. The maximum absolute atomic E-state index is 6.07. The predicted octanol–water partition coefficient (Wildman–Crippen LogP) is 1.93. The van der Waals surface area contributed by atoms with Crippen molar-refractivity contribution in [2.75, 3.05) is 53.2 Å². The van der Waals surface area contributed by atoms with Gasteiger partial charge in [-0.25, -0.2) is 0 Å². The molecule has 3 fully saturated rings. The van der Waals surface area contributed by atoms with Crippen molar-refractivity contribution in [2.45, 2.75) is 38.2 Å². The summed E-state index contributed by atoms with van der Waals surface area (Å²) in [4.78, 5) is 2.54. The van der Waals surface area contributed by atoms with Crippen LogP contribution < -0.4 is 0 Å². The van der Waals surface area contributed by atoms with E-state index in [-0.39, 0.29) is 5.41 Å². The van der Waals surface area contributed by atoms with Crippen LogP contribution in [0.3, 0.4) is 0 Å². The lowest BCUT2D eigenvalue weighted by Gasteiger charge is -2.50. The Balaban J connectivity index is 1.57. The van der Waals surface area contributed by atoms with Crippen LogP contribution in [-0.4, -0.2) is 64.2 Å². The molecule has 0 amide bonds. The van der Waals surface area contributed by atoms with Gasteiger partial charge in [-0.3, -0.25) is 0 Å². The van der Waals surface area contributed by atoms with Gasteiger partial charge in [-0.1, -0.05) is 0 Å². The van der Waals surface area contributed by atoms with Gasteiger partial charge in [0.05, 0.1) is 19.3 Å². The van der Waals surface area contributed by atoms with Crippen molar-refractivity contribution in [1.29, 1.82) is 0 Å². The summed E-state index contributed by atoms with van der Waals surface area (Å²) < 4.78 is 17.4. The summed E-state index contributed by atoms with van der Waals surface area (Å²) in [5, 5.41) is 0. The van der Waals surface area contributed by atoms with Gasteiger partial charge in [0.25, 0.3) is 0 Å². The highest BCUT2D eigenvalue weighted by molar-refractivity contribution is 4.96. The molecular weight excluding hydrogens is 254 g/mol. The SMILES string of the molecule is COCCN1CC[C@H]2OCCC[C@@]2(COCC2CC2)C1. The molecular formula is C16H29NO3. The van der Waals surface area contributed by atoms with E-state index in [2.05, 4.69) is 4.90 Å². The first kappa shape index (κ1) is 14.8. The third-order valence-corrected chi connectivity index (χ3v) is 5.12. The van der Waals surface area contributed by atoms with E-state index in [4.69, 9.17) is 14.2 Å². The highest BCUT2D eigenvalue weighted by Crippen LogP contribution is 2.41. The first-order valence-corrected chi connectivity index (χ1v) is 8.23. The standard InChI is InChI=1S/C16H29NO3/c1-18-10-8-17-7-5-15-16(12-17,6-2-9-20-15)13-19-11-14-3-4-14/h14-15H,2-13H2,1H3/t15-,16+/m1/s1. The number of nitrogens with zero attached hydrogens (tertiary/aromatic N) is 1. The molecule has 2 heterocycles. The predicted molar refractivity (Wildman–Crippen MR) is 77.9 cm³/mol. The lowest BCUT2D eigenvalue weighted by atomic mass is 9.73. The van der Waals surface area contributed by atoms with E-state index in [1.54, 1.807) is 7.11 Å². The van der Waals surface area contributed by atoms with Gasteiger partial charge in [-0.15, -0.1) is 0 Å². The molecule has 0 bridgehead atoms. The van der Waals surface area contributed by atoms with Crippen molar-refractivity contribution in [3.63, 3.8) is 0 Å². The van der Waals surface area contributed by atoms with Gasteiger partial charge in [-0.2, -0.15) is 0 Å². The lowest BCUT2D eigenvalue weighted by Crippen LogP contribution is -2.57. The van der Waals surface area contributed by atoms with E-state index in [0.29, 0.717) is 6.10 Å². The van der Waals surface area contributed by atoms with Crippen LogP contribution in [0, 0.1) is 11.3 Å². The van der Waals surface area contributed by atoms with Crippen molar-refractivity contribution in [2.24, 2.45) is 11.3 Å². The fourth-order valence-corrected chi connectivity index (χ4v) is 3.72. The number of methoxy groups -OCH3 is 1. The van der Waals surface area contributed by atoms with Crippen molar-refractivity contribution in [3.05, 3.63) is 0 Å². The molecule has 4 nitrogen and oxygen atoms in total. The lowest BCUT2D eigenvalue weighted by molar-refractivity contribution is -0.154. The molecule has 1 saturated carbocycles. The van der Waals surface area contributed by atoms with Gasteiger partial charge in [0.15, 0.2) is 0 Å². The van der Waals surface area contributed by atoms with Crippen LogP contribution in [0.4, 0.5) is 0 Å². The Bertz CT molecular complexity index is 308. The Morgan fingerprint density at radius 1 is 1.30 bits per heavy atom. The number of likely N-dealkylation sites (tertiary alicyclic amines) is 1. The molecule has 0 spiro atoms. The highest BCUT2D eigenvalue weighted by Gasteiger charge is 2.46. The summed E-state index contributed by atoms with van der Waals surface area (Å²) in [6.07, 6.45) is 6.73. The number of piperidine rings is 1. The minimum Gasteiger partial charge on any atom is -0.383 e. The average molecular weight is 283 g/mol. The number of fused-ring (bicyclic) bond motifs is 1. The van der Waals surface area contributed by atoms with E-state index >= 15 is 0 Å². The Morgan fingerprint density at radius 3 is 3.00 bits per heavy atom. The third kappa shape index (κ3) is 3.53. The molecule has 0 radical (unpaired) electrons. The van der Waals surface area contributed by atoms with Crippen LogP contribution >= 0.6 is 0 Å². The molecule has 2 atom stereocenters. The van der Waals surface area contributed by atoms with Gasteiger partial charge < -0.3 is 19.1 Å². The second kappa shape index (κ2) is 6.73. The largest absolute Gasteiger partial charge is 0.383 e. The number of hydrogen-bond donors (Lipinski definition) is 0. The topological polar surface area (TPSA) is 30.9 Å². The number of rotatable bonds is 7. The van der Waals surface area contributed by atoms with E-state index in [0.717, 1.165) is 58.4 Å². The Kier molecular flexibility index (Phi) is 4.97. The highest BCUT2D eigenvalue weighted by atomic mass is 16.5. The molecule has 2 saturated heterocycles. The smallest absolute Gasteiger partial charge is 0.0677 e. The molecule has 20 heavy (non-hydrogen) atoms. The second-order valence-electron chi connectivity index (χ2n) is 6.84. The Morgan fingerprint density at radius 2 is 2.20 bits per heavy atom. The second-order valence-corrected chi connectivity index (χ2v) is 6.84. The summed E-state index contributed by atoms with van der Waals surface area (Å²) >= 11 is 0. The van der Waals surface area contributed by atoms with E-state index in [1.165, 1.54) is 25.7 Å². The maximum atomic E-state index is 6.07. The van der Waals surface area contributed by atoms with Gasteiger partial charge in [0.2, 0.25) is 0 Å². The van der Waals surface area contributed by atoms with Crippen LogP contribution in [-0.2, 0) is 14.2 Å². The normalized spacial score (nSPS) is 35.0. The molecule has 1 aliphatic carbocycles. The van der Waals surface area contributed by atoms with Crippen molar-refractivity contribution < 1.29 is 14.2 Å². The van der Waals surface area contributed by atoms with Crippen LogP contribution in [0.5, 0.6) is 0 Å². The molecule has 0 aromatic rings. The van der Waals surface area contributed by atoms with Crippen LogP contribution in [0.2, 0.25) is 0 Å². The monoisotopic (exact) mass is 283 g/mol. The van der Waals surface area contributed by atoms with E-state index in [1.807, 2.05) is 0 Å². The minimum absolute atomic E-state index is 0.235. The van der Waals surface area contributed by atoms with Gasteiger partial charge in [0.1, 0.15) is 0 Å². The maximum Gasteiger partial charge on any atom is 0.0677 e. The molecule has 4 heteroatoms. The average Bonchev–Trinajstić information content (AvgIpc) is 3.29. The first-order chi connectivity index (χ1) is 9.82. The van der Waals surface area contributed by atoms with Crippen LogP contribution in [0.25, 0.3) is 0 Å². The molecule has 0 aromatic carbocycles. The molecule has 3 rings (SSSR count). The molecule has 2 aliphatic heterocycles. The Hall–Kier alpha value is -0.160. The molecule has 3 aliphatic rings. The zero-order chi connectivity index (χ0) is 13.8. The zero-order valence-corrected chi connectivity index (χ0v) is 12.8.